The second kappa shape index (κ2) is 17.9. The summed E-state index contributed by atoms with van der Waals surface area (Å²) < 4.78 is 4.49. The fourth-order valence-corrected chi connectivity index (χ4v) is 9.69. The van der Waals surface area contributed by atoms with Crippen LogP contribution in [-0.4, -0.2) is 29.1 Å². The first-order chi connectivity index (χ1) is 34.4. The van der Waals surface area contributed by atoms with Crippen LogP contribution in [0.1, 0.15) is 20.8 Å². The van der Waals surface area contributed by atoms with Crippen LogP contribution in [0.25, 0.3) is 123 Å². The van der Waals surface area contributed by atoms with Crippen LogP contribution in [-0.2, 0) is 0 Å². The lowest BCUT2D eigenvalue weighted by Gasteiger charge is -2.16. The van der Waals surface area contributed by atoms with E-state index < -0.39 is 0 Å². The van der Waals surface area contributed by atoms with E-state index in [0.29, 0.717) is 5.92 Å². The number of nitrogens with zero attached hydrogens (tertiary/aromatic N) is 6. The number of imidazole rings is 2. The Hall–Kier alpha value is -9.00. The molecule has 0 unspecified atom stereocenters. The zero-order valence-corrected chi connectivity index (χ0v) is 39.2. The molecule has 0 aliphatic heterocycles. The van der Waals surface area contributed by atoms with Crippen molar-refractivity contribution in [1.82, 2.24) is 29.1 Å². The maximum absolute atomic E-state index is 5.56. The van der Waals surface area contributed by atoms with E-state index in [9.17, 15) is 0 Å². The van der Waals surface area contributed by atoms with Crippen LogP contribution >= 0.6 is 0 Å². The number of para-hydroxylation sites is 5. The molecule has 0 aliphatic carbocycles. The van der Waals surface area contributed by atoms with Gasteiger partial charge in [-0.3, -0.25) is 9.13 Å². The van der Waals surface area contributed by atoms with E-state index in [1.807, 2.05) is 18.2 Å². The van der Waals surface area contributed by atoms with E-state index in [2.05, 4.69) is 242 Å². The summed E-state index contributed by atoms with van der Waals surface area (Å²) in [4.78, 5) is 21.4. The first kappa shape index (κ1) is 42.4. The van der Waals surface area contributed by atoms with Crippen molar-refractivity contribution in [2.24, 2.45) is 5.92 Å². The minimum absolute atomic E-state index is 0.464. The molecule has 12 rings (SSSR count). The molecule has 0 bridgehead atoms. The molecule has 0 spiro atoms. The van der Waals surface area contributed by atoms with Crippen molar-refractivity contribution in [3.05, 3.63) is 231 Å². The minimum atomic E-state index is 0.464. The van der Waals surface area contributed by atoms with Crippen LogP contribution in [0.4, 0.5) is 0 Å². The molecule has 0 saturated carbocycles. The monoisotopic (exact) mass is 900 g/mol. The van der Waals surface area contributed by atoms with Gasteiger partial charge in [-0.05, 0) is 89.7 Å². The fraction of sp³-hybridized carbons (Fsp3) is 0.0625. The van der Waals surface area contributed by atoms with E-state index in [-0.39, 0.29) is 0 Å². The number of hydrogen-bond donors (Lipinski definition) is 0. The third kappa shape index (κ3) is 7.75. The minimum Gasteiger partial charge on any atom is -0.296 e. The normalized spacial score (nSPS) is 12.1. The molecule has 6 nitrogen and oxygen atoms in total. The van der Waals surface area contributed by atoms with Crippen LogP contribution in [0.3, 0.4) is 0 Å². The Morgan fingerprint density at radius 1 is 0.429 bits per heavy atom. The molecular formula is C64H48N6. The number of pyridine rings is 2. The summed E-state index contributed by atoms with van der Waals surface area (Å²) in [7, 11) is 0. The van der Waals surface area contributed by atoms with Crippen molar-refractivity contribution < 1.29 is 0 Å². The third-order valence-electron chi connectivity index (χ3n) is 13.1. The Morgan fingerprint density at radius 3 is 1.41 bits per heavy atom. The van der Waals surface area contributed by atoms with Gasteiger partial charge in [0, 0.05) is 44.4 Å². The van der Waals surface area contributed by atoms with Gasteiger partial charge in [-0.25, -0.2) is 19.9 Å². The van der Waals surface area contributed by atoms with Crippen LogP contribution in [0.15, 0.2) is 231 Å². The lowest BCUT2D eigenvalue weighted by atomic mass is 9.93. The van der Waals surface area contributed by atoms with Crippen molar-refractivity contribution in [3.8, 4) is 73.2 Å². The molecule has 0 saturated heterocycles. The maximum Gasteiger partial charge on any atom is 0.145 e. The molecule has 4 heterocycles. The highest BCUT2D eigenvalue weighted by Crippen LogP contribution is 2.40. The second-order valence-electron chi connectivity index (χ2n) is 18.1. The van der Waals surface area contributed by atoms with E-state index in [1.54, 1.807) is 0 Å². The van der Waals surface area contributed by atoms with Gasteiger partial charge < -0.3 is 0 Å². The van der Waals surface area contributed by atoms with Crippen LogP contribution < -0.4 is 0 Å². The first-order valence-electron chi connectivity index (χ1n) is 23.9. The number of rotatable bonds is 10. The summed E-state index contributed by atoms with van der Waals surface area (Å²) >= 11 is 0. The van der Waals surface area contributed by atoms with Crippen molar-refractivity contribution in [1.29, 1.82) is 0 Å². The van der Waals surface area contributed by atoms with Crippen molar-refractivity contribution in [2.45, 2.75) is 20.8 Å². The van der Waals surface area contributed by atoms with Crippen LogP contribution in [0, 0.1) is 5.92 Å². The highest BCUT2D eigenvalue weighted by molar-refractivity contribution is 6.13. The maximum atomic E-state index is 5.56. The van der Waals surface area contributed by atoms with E-state index in [4.69, 9.17) is 19.9 Å². The molecule has 6 heteroatoms. The highest BCUT2D eigenvalue weighted by Gasteiger charge is 2.20. The predicted molar refractivity (Wildman–Crippen MR) is 292 cm³/mol. The Kier molecular flexibility index (Phi) is 10.8. The molecule has 8 aromatic carbocycles. The molecule has 334 valence electrons. The Labute approximate surface area is 407 Å². The molecule has 4 aromatic heterocycles. The van der Waals surface area contributed by atoms with Gasteiger partial charge in [0.1, 0.15) is 11.6 Å². The van der Waals surface area contributed by atoms with Gasteiger partial charge in [0.2, 0.25) is 0 Å². The van der Waals surface area contributed by atoms with Gasteiger partial charge in [0.05, 0.1) is 44.5 Å². The molecule has 70 heavy (non-hydrogen) atoms. The third-order valence-corrected chi connectivity index (χ3v) is 13.1. The highest BCUT2D eigenvalue weighted by atomic mass is 15.1. The summed E-state index contributed by atoms with van der Waals surface area (Å²) in [6.07, 6.45) is 6.52. The number of fused-ring (bicyclic) bond motifs is 5. The van der Waals surface area contributed by atoms with Gasteiger partial charge in [-0.2, -0.15) is 0 Å². The quantitative estimate of drug-likeness (QED) is 0.101. The van der Waals surface area contributed by atoms with Gasteiger partial charge in [0.25, 0.3) is 0 Å². The summed E-state index contributed by atoms with van der Waals surface area (Å²) in [5, 5.41) is 2.08. The van der Waals surface area contributed by atoms with Crippen molar-refractivity contribution in [2.75, 3.05) is 0 Å². The lowest BCUT2D eigenvalue weighted by Crippen LogP contribution is -1.98. The summed E-state index contributed by atoms with van der Waals surface area (Å²) in [5.74, 6) is 2.25. The largest absolute Gasteiger partial charge is 0.296 e. The lowest BCUT2D eigenvalue weighted by molar-refractivity contribution is 0.832. The summed E-state index contributed by atoms with van der Waals surface area (Å²) in [5.41, 5.74) is 18.1. The van der Waals surface area contributed by atoms with Gasteiger partial charge in [-0.1, -0.05) is 190 Å². The van der Waals surface area contributed by atoms with E-state index in [0.717, 1.165) is 123 Å². The van der Waals surface area contributed by atoms with Gasteiger partial charge in [-0.15, -0.1) is 0 Å². The molecule has 12 aromatic rings. The zero-order valence-electron chi connectivity index (χ0n) is 39.2. The second-order valence-corrected chi connectivity index (χ2v) is 18.1. The standard InChI is InChI=1S/C64H48N6/c1-42(2)18-17-19-43(3)69-59-28-15-13-26-55(59)67-63(69)48-34-30-46(31-35-48)57-40-53(44-20-7-4-8-21-44)51-38-39-52-54(45-22-9-5-10-23-45)41-58(66-62(52)61(51)65-57)47-32-36-49(37-33-47)64-68-56-27-14-16-29-60(56)70(64)50-24-11-6-12-25-50/h4-42H,1-3H3/b18-17-,43-19+. The average molecular weight is 901 g/mol. The number of benzene rings is 8. The van der Waals surface area contributed by atoms with Gasteiger partial charge >= 0.3 is 0 Å². The topological polar surface area (TPSA) is 61.4 Å². The average Bonchev–Trinajstić information content (AvgIpc) is 4.01. The van der Waals surface area contributed by atoms with E-state index >= 15 is 0 Å². The number of allylic oxidation sites excluding steroid dienone is 4. The Morgan fingerprint density at radius 2 is 0.871 bits per heavy atom. The molecular weight excluding hydrogens is 853 g/mol. The first-order valence-corrected chi connectivity index (χ1v) is 23.9. The number of hydrogen-bond acceptors (Lipinski definition) is 4. The predicted octanol–water partition coefficient (Wildman–Crippen LogP) is 16.5. The molecule has 0 atom stereocenters. The molecule has 0 N–H and O–H groups in total. The summed E-state index contributed by atoms with van der Waals surface area (Å²) in [6.45, 7) is 6.53. The summed E-state index contributed by atoms with van der Waals surface area (Å²) in [6, 6.07) is 74.6. The van der Waals surface area contributed by atoms with E-state index in [1.165, 1.54) is 0 Å². The van der Waals surface area contributed by atoms with Gasteiger partial charge in [0.15, 0.2) is 0 Å². The molecule has 0 aliphatic rings. The van der Waals surface area contributed by atoms with Crippen molar-refractivity contribution >= 4 is 49.6 Å². The van der Waals surface area contributed by atoms with Crippen LogP contribution in [0.2, 0.25) is 0 Å². The zero-order chi connectivity index (χ0) is 47.1. The van der Waals surface area contributed by atoms with Crippen molar-refractivity contribution in [3.63, 3.8) is 0 Å². The fourth-order valence-electron chi connectivity index (χ4n) is 9.69. The Bertz CT molecular complexity index is 3940. The number of aromatic nitrogens is 6. The smallest absolute Gasteiger partial charge is 0.145 e. The molecule has 0 amide bonds. The molecule has 0 fully saturated rings. The molecule has 0 radical (unpaired) electrons. The SMILES string of the molecule is C/C(=C\C=C/C(C)C)n1c(-c2ccc(-c3cc(-c4ccccc4)c4ccc5c(-c6ccccc6)cc(-c6ccc(-c7nc8ccccc8n7-c7ccccc7)cc6)nc5c4n3)cc2)nc2ccccc21. The Balaban J connectivity index is 1.01. The van der Waals surface area contributed by atoms with Crippen LogP contribution in [0.5, 0.6) is 0 Å².